The van der Waals surface area contributed by atoms with Gasteiger partial charge in [0.05, 0.1) is 6.26 Å². The van der Waals surface area contributed by atoms with Crippen molar-refractivity contribution < 1.29 is 8.42 Å². The fraction of sp³-hybridized carbons (Fsp3) is 1.00. The SMILES string of the molecule is CC(Br)CN(C)S(C)(=O)=O. The van der Waals surface area contributed by atoms with Gasteiger partial charge in [0.15, 0.2) is 0 Å². The summed E-state index contributed by atoms with van der Waals surface area (Å²) in [4.78, 5) is 0.201. The Morgan fingerprint density at radius 1 is 1.60 bits per heavy atom. The van der Waals surface area contributed by atoms with Gasteiger partial charge in [-0.25, -0.2) is 12.7 Å². The van der Waals surface area contributed by atoms with E-state index in [0.717, 1.165) is 0 Å². The zero-order chi connectivity index (χ0) is 8.36. The van der Waals surface area contributed by atoms with Crippen molar-refractivity contribution in [1.29, 1.82) is 0 Å². The quantitative estimate of drug-likeness (QED) is 0.668. The Balaban J connectivity index is 3.99. The summed E-state index contributed by atoms with van der Waals surface area (Å²) in [6, 6.07) is 0. The Hall–Kier alpha value is 0.390. The number of alkyl halides is 1. The molecule has 0 heterocycles. The monoisotopic (exact) mass is 229 g/mol. The zero-order valence-corrected chi connectivity index (χ0v) is 8.74. The lowest BCUT2D eigenvalue weighted by Crippen LogP contribution is -2.30. The molecule has 1 unspecified atom stereocenters. The molecular weight excluding hydrogens is 218 g/mol. The average Bonchev–Trinajstić information content (AvgIpc) is 1.60. The van der Waals surface area contributed by atoms with Crippen LogP contribution in [0.1, 0.15) is 6.92 Å². The topological polar surface area (TPSA) is 37.4 Å². The van der Waals surface area contributed by atoms with Gasteiger partial charge in [-0.1, -0.05) is 22.9 Å². The highest BCUT2D eigenvalue weighted by Crippen LogP contribution is 2.02. The van der Waals surface area contributed by atoms with Crippen LogP contribution >= 0.6 is 15.9 Å². The predicted molar refractivity (Wildman–Crippen MR) is 45.9 cm³/mol. The van der Waals surface area contributed by atoms with Crippen molar-refractivity contribution in [2.45, 2.75) is 11.8 Å². The molecule has 3 nitrogen and oxygen atoms in total. The minimum absolute atomic E-state index is 0.201. The van der Waals surface area contributed by atoms with Gasteiger partial charge in [-0.05, 0) is 0 Å². The van der Waals surface area contributed by atoms with E-state index in [0.29, 0.717) is 6.54 Å². The highest BCUT2D eigenvalue weighted by molar-refractivity contribution is 9.09. The summed E-state index contributed by atoms with van der Waals surface area (Å²) in [5.74, 6) is 0. The van der Waals surface area contributed by atoms with Crippen molar-refractivity contribution in [1.82, 2.24) is 4.31 Å². The third kappa shape index (κ3) is 4.24. The Morgan fingerprint density at radius 2 is 2.00 bits per heavy atom. The van der Waals surface area contributed by atoms with E-state index in [-0.39, 0.29) is 4.83 Å². The summed E-state index contributed by atoms with van der Waals surface area (Å²) in [5, 5.41) is 0. The van der Waals surface area contributed by atoms with E-state index in [4.69, 9.17) is 0 Å². The van der Waals surface area contributed by atoms with E-state index in [9.17, 15) is 8.42 Å². The van der Waals surface area contributed by atoms with Crippen LogP contribution in [0.15, 0.2) is 0 Å². The summed E-state index contributed by atoms with van der Waals surface area (Å²) in [7, 11) is -1.43. The van der Waals surface area contributed by atoms with Crippen molar-refractivity contribution in [3.63, 3.8) is 0 Å². The smallest absolute Gasteiger partial charge is 0.210 e. The second-order valence-corrected chi connectivity index (χ2v) is 5.98. The lowest BCUT2D eigenvalue weighted by atomic mass is 10.5. The third-order valence-electron chi connectivity index (χ3n) is 1.07. The zero-order valence-electron chi connectivity index (χ0n) is 6.33. The van der Waals surface area contributed by atoms with Gasteiger partial charge >= 0.3 is 0 Å². The van der Waals surface area contributed by atoms with E-state index in [1.807, 2.05) is 6.92 Å². The molecule has 0 fully saturated rings. The molecule has 62 valence electrons. The van der Waals surface area contributed by atoms with Gasteiger partial charge in [0.25, 0.3) is 0 Å². The lowest BCUT2D eigenvalue weighted by molar-refractivity contribution is 0.479. The standard InChI is InChI=1S/C5H12BrNO2S/c1-5(6)4-7(2)10(3,8)9/h5H,4H2,1-3H3. The molecule has 0 rings (SSSR count). The van der Waals surface area contributed by atoms with Crippen LogP contribution in [0, 0.1) is 0 Å². The molecule has 0 saturated carbocycles. The van der Waals surface area contributed by atoms with Gasteiger partial charge < -0.3 is 0 Å². The third-order valence-corrected chi connectivity index (χ3v) is 2.65. The van der Waals surface area contributed by atoms with Crippen LogP contribution in [-0.4, -0.2) is 37.4 Å². The first-order valence-electron chi connectivity index (χ1n) is 2.89. The number of rotatable bonds is 3. The molecule has 0 spiro atoms. The summed E-state index contributed by atoms with van der Waals surface area (Å²) in [5.41, 5.74) is 0. The van der Waals surface area contributed by atoms with Crippen molar-refractivity contribution in [3.05, 3.63) is 0 Å². The Labute approximate surface area is 70.6 Å². The predicted octanol–water partition coefficient (Wildman–Crippen LogP) is 0.661. The van der Waals surface area contributed by atoms with Crippen molar-refractivity contribution in [3.8, 4) is 0 Å². The number of halogens is 1. The molecule has 0 amide bonds. The molecule has 0 bridgehead atoms. The first-order chi connectivity index (χ1) is 4.34. The van der Waals surface area contributed by atoms with Gasteiger partial charge in [-0.2, -0.15) is 0 Å². The largest absolute Gasteiger partial charge is 0.213 e. The fourth-order valence-electron chi connectivity index (χ4n) is 0.490. The maximum absolute atomic E-state index is 10.8. The van der Waals surface area contributed by atoms with E-state index >= 15 is 0 Å². The van der Waals surface area contributed by atoms with E-state index in [2.05, 4.69) is 15.9 Å². The second-order valence-electron chi connectivity index (χ2n) is 2.32. The van der Waals surface area contributed by atoms with Crippen LogP contribution in [0.25, 0.3) is 0 Å². The second kappa shape index (κ2) is 3.69. The van der Waals surface area contributed by atoms with Gasteiger partial charge in [-0.3, -0.25) is 0 Å². The van der Waals surface area contributed by atoms with Gasteiger partial charge in [0.2, 0.25) is 10.0 Å². The molecule has 0 aromatic heterocycles. The first kappa shape index (κ1) is 10.4. The van der Waals surface area contributed by atoms with Crippen LogP contribution < -0.4 is 0 Å². The summed E-state index contributed by atoms with van der Waals surface area (Å²) in [6.07, 6.45) is 1.20. The first-order valence-corrected chi connectivity index (χ1v) is 5.66. The normalized spacial score (nSPS) is 15.7. The molecule has 10 heavy (non-hydrogen) atoms. The van der Waals surface area contributed by atoms with E-state index in [1.54, 1.807) is 7.05 Å². The van der Waals surface area contributed by atoms with Crippen molar-refractivity contribution in [2.24, 2.45) is 0 Å². The minimum atomic E-state index is -2.99. The van der Waals surface area contributed by atoms with Crippen LogP contribution in [0.5, 0.6) is 0 Å². The summed E-state index contributed by atoms with van der Waals surface area (Å²) < 4.78 is 22.9. The molecule has 5 heteroatoms. The molecule has 0 saturated heterocycles. The molecule has 1 atom stereocenters. The van der Waals surface area contributed by atoms with Crippen LogP contribution in [0.2, 0.25) is 0 Å². The van der Waals surface area contributed by atoms with Gasteiger partial charge in [0.1, 0.15) is 0 Å². The van der Waals surface area contributed by atoms with Crippen LogP contribution in [-0.2, 0) is 10.0 Å². The Bertz CT molecular complexity index is 188. The fourth-order valence-corrected chi connectivity index (χ4v) is 1.61. The molecule has 0 aromatic rings. The molecule has 0 aliphatic rings. The van der Waals surface area contributed by atoms with E-state index in [1.165, 1.54) is 10.6 Å². The highest BCUT2D eigenvalue weighted by atomic mass is 79.9. The summed E-state index contributed by atoms with van der Waals surface area (Å²) >= 11 is 3.26. The Morgan fingerprint density at radius 3 is 2.10 bits per heavy atom. The van der Waals surface area contributed by atoms with Crippen molar-refractivity contribution in [2.75, 3.05) is 19.8 Å². The molecule has 0 aliphatic carbocycles. The molecule has 0 aliphatic heterocycles. The molecule has 0 N–H and O–H groups in total. The maximum Gasteiger partial charge on any atom is 0.210 e. The molecule has 0 aromatic carbocycles. The van der Waals surface area contributed by atoms with E-state index < -0.39 is 10.0 Å². The van der Waals surface area contributed by atoms with Crippen LogP contribution in [0.3, 0.4) is 0 Å². The Kier molecular flexibility index (Phi) is 3.83. The number of sulfonamides is 1. The van der Waals surface area contributed by atoms with Gasteiger partial charge in [0, 0.05) is 18.4 Å². The summed E-state index contributed by atoms with van der Waals surface area (Å²) in [6.45, 7) is 2.42. The van der Waals surface area contributed by atoms with Gasteiger partial charge in [-0.15, -0.1) is 0 Å². The minimum Gasteiger partial charge on any atom is -0.213 e. The number of hydrogen-bond acceptors (Lipinski definition) is 2. The number of nitrogens with zero attached hydrogens (tertiary/aromatic N) is 1. The molecular formula is C5H12BrNO2S. The maximum atomic E-state index is 10.8. The molecule has 0 radical (unpaired) electrons. The average molecular weight is 230 g/mol. The van der Waals surface area contributed by atoms with Crippen LogP contribution in [0.4, 0.5) is 0 Å². The van der Waals surface area contributed by atoms with Crippen molar-refractivity contribution >= 4 is 26.0 Å². The lowest BCUT2D eigenvalue weighted by Gasteiger charge is -2.14. The number of hydrogen-bond donors (Lipinski definition) is 0. The highest BCUT2D eigenvalue weighted by Gasteiger charge is 2.11.